The maximum Gasteiger partial charge on any atom is 0.0798 e. The highest BCUT2D eigenvalue weighted by Crippen LogP contribution is 2.41. The fourth-order valence-corrected chi connectivity index (χ4v) is 8.31. The number of nitrogens with one attached hydrogen (secondary N) is 1. The quantitative estimate of drug-likeness (QED) is 0.313. The maximum atomic E-state index is 11.1. The van der Waals surface area contributed by atoms with Gasteiger partial charge in [0.25, 0.3) is 0 Å². The number of aliphatic hydroxyl groups is 1. The SMILES string of the molecule is OC1C=C(C2=CC(C3=CC(C4=CCCC(C5=C(NC6C=CC=CC6)CCCC5)=C4)CCC3)=CCC2)C=CC1C1C=CC=CC1. The van der Waals surface area contributed by atoms with Crippen molar-refractivity contribution >= 4 is 0 Å². The van der Waals surface area contributed by atoms with Crippen LogP contribution in [0.5, 0.6) is 0 Å². The Balaban J connectivity index is 1.07. The van der Waals surface area contributed by atoms with E-state index in [9.17, 15) is 5.11 Å². The van der Waals surface area contributed by atoms with E-state index in [1.54, 1.807) is 16.7 Å². The minimum absolute atomic E-state index is 0.167. The molecule has 0 heterocycles. The topological polar surface area (TPSA) is 32.3 Å². The zero-order valence-corrected chi connectivity index (χ0v) is 26.3. The first kappa shape index (κ1) is 29.4. The Morgan fingerprint density at radius 3 is 2.36 bits per heavy atom. The van der Waals surface area contributed by atoms with Crippen LogP contribution in [0.15, 0.2) is 142 Å². The lowest BCUT2D eigenvalue weighted by atomic mass is 9.76. The molecule has 0 bridgehead atoms. The van der Waals surface area contributed by atoms with E-state index in [0.717, 1.165) is 32.1 Å². The summed E-state index contributed by atoms with van der Waals surface area (Å²) in [6.07, 6.45) is 51.7. The van der Waals surface area contributed by atoms with Crippen molar-refractivity contribution in [2.75, 3.05) is 0 Å². The number of allylic oxidation sites excluding steroid dienone is 20. The minimum Gasteiger partial charge on any atom is -0.388 e. The molecule has 0 aliphatic heterocycles. The van der Waals surface area contributed by atoms with E-state index in [-0.39, 0.29) is 5.92 Å². The molecule has 7 aliphatic rings. The van der Waals surface area contributed by atoms with Gasteiger partial charge in [-0.25, -0.2) is 0 Å². The molecule has 5 unspecified atom stereocenters. The maximum absolute atomic E-state index is 11.1. The van der Waals surface area contributed by atoms with Crippen LogP contribution >= 0.6 is 0 Å². The minimum atomic E-state index is -0.421. The first-order chi connectivity index (χ1) is 21.7. The summed E-state index contributed by atoms with van der Waals surface area (Å²) in [4.78, 5) is 0. The molecule has 0 fully saturated rings. The van der Waals surface area contributed by atoms with Crippen LogP contribution in [-0.2, 0) is 0 Å². The number of hydrogen-bond donors (Lipinski definition) is 2. The van der Waals surface area contributed by atoms with Gasteiger partial charge in [-0.2, -0.15) is 0 Å². The number of hydrogen-bond acceptors (Lipinski definition) is 2. The van der Waals surface area contributed by atoms with Crippen LogP contribution in [-0.4, -0.2) is 17.3 Å². The molecule has 44 heavy (non-hydrogen) atoms. The van der Waals surface area contributed by atoms with Crippen LogP contribution in [0.1, 0.15) is 83.5 Å². The summed E-state index contributed by atoms with van der Waals surface area (Å²) in [5, 5.41) is 15.0. The van der Waals surface area contributed by atoms with Crippen molar-refractivity contribution in [3.8, 4) is 0 Å². The summed E-state index contributed by atoms with van der Waals surface area (Å²) in [5.74, 6) is 1.06. The molecule has 7 aliphatic carbocycles. The molecule has 2 heteroatoms. The molecule has 0 saturated heterocycles. The molecule has 0 radical (unpaired) electrons. The van der Waals surface area contributed by atoms with E-state index in [4.69, 9.17) is 0 Å². The van der Waals surface area contributed by atoms with Gasteiger partial charge in [0.15, 0.2) is 0 Å². The van der Waals surface area contributed by atoms with Crippen molar-refractivity contribution in [2.24, 2.45) is 17.8 Å². The van der Waals surface area contributed by atoms with E-state index in [1.165, 1.54) is 79.4 Å². The Morgan fingerprint density at radius 1 is 0.682 bits per heavy atom. The monoisotopic (exact) mass is 583 g/mol. The van der Waals surface area contributed by atoms with Gasteiger partial charge in [-0.1, -0.05) is 91.1 Å². The van der Waals surface area contributed by atoms with Crippen molar-refractivity contribution in [1.82, 2.24) is 5.32 Å². The third-order valence-electron chi connectivity index (χ3n) is 10.7. The molecule has 0 aromatic heterocycles. The number of rotatable bonds is 7. The van der Waals surface area contributed by atoms with Gasteiger partial charge in [0, 0.05) is 23.6 Å². The zero-order valence-electron chi connectivity index (χ0n) is 26.3. The molecule has 7 rings (SSSR count). The summed E-state index contributed by atoms with van der Waals surface area (Å²) >= 11 is 0. The molecule has 2 N–H and O–H groups in total. The van der Waals surface area contributed by atoms with Gasteiger partial charge in [0.1, 0.15) is 0 Å². The van der Waals surface area contributed by atoms with Gasteiger partial charge in [-0.05, 0) is 134 Å². The molecule has 0 amide bonds. The summed E-state index contributed by atoms with van der Waals surface area (Å²) in [7, 11) is 0. The van der Waals surface area contributed by atoms with Crippen LogP contribution in [0.2, 0.25) is 0 Å². The number of aliphatic hydroxyl groups excluding tert-OH is 1. The second-order valence-electron chi connectivity index (χ2n) is 13.7. The van der Waals surface area contributed by atoms with E-state index in [1.807, 2.05) is 0 Å². The highest BCUT2D eigenvalue weighted by Gasteiger charge is 2.28. The van der Waals surface area contributed by atoms with Crippen LogP contribution in [0, 0.1) is 17.8 Å². The van der Waals surface area contributed by atoms with Crippen LogP contribution < -0.4 is 5.32 Å². The van der Waals surface area contributed by atoms with Crippen molar-refractivity contribution in [3.63, 3.8) is 0 Å². The largest absolute Gasteiger partial charge is 0.388 e. The zero-order chi connectivity index (χ0) is 29.7. The lowest BCUT2D eigenvalue weighted by molar-refractivity contribution is 0.151. The fourth-order valence-electron chi connectivity index (χ4n) is 8.31. The Bertz CT molecular complexity index is 1490. The van der Waals surface area contributed by atoms with E-state index in [2.05, 4.69) is 103 Å². The van der Waals surface area contributed by atoms with Crippen LogP contribution in [0.4, 0.5) is 0 Å². The van der Waals surface area contributed by atoms with Gasteiger partial charge in [0.05, 0.1) is 6.10 Å². The van der Waals surface area contributed by atoms with E-state index in [0.29, 0.717) is 17.9 Å². The summed E-state index contributed by atoms with van der Waals surface area (Å²) < 4.78 is 0. The van der Waals surface area contributed by atoms with Crippen molar-refractivity contribution in [3.05, 3.63) is 142 Å². The van der Waals surface area contributed by atoms with Gasteiger partial charge in [-0.3, -0.25) is 0 Å². The van der Waals surface area contributed by atoms with Crippen LogP contribution in [0.25, 0.3) is 0 Å². The average molecular weight is 584 g/mol. The van der Waals surface area contributed by atoms with Crippen molar-refractivity contribution in [2.45, 2.75) is 95.6 Å². The van der Waals surface area contributed by atoms with E-state index < -0.39 is 6.10 Å². The van der Waals surface area contributed by atoms with Gasteiger partial charge >= 0.3 is 0 Å². The summed E-state index contributed by atoms with van der Waals surface area (Å²) in [6, 6.07) is 0.434. The third kappa shape index (κ3) is 6.66. The third-order valence-corrected chi connectivity index (χ3v) is 10.7. The second-order valence-corrected chi connectivity index (χ2v) is 13.7. The average Bonchev–Trinajstić information content (AvgIpc) is 3.09. The molecule has 0 saturated carbocycles. The van der Waals surface area contributed by atoms with Crippen molar-refractivity contribution < 1.29 is 5.11 Å². The molecule has 2 nitrogen and oxygen atoms in total. The lowest BCUT2D eigenvalue weighted by Gasteiger charge is -2.30. The Kier molecular flexibility index (Phi) is 9.16. The lowest BCUT2D eigenvalue weighted by Crippen LogP contribution is -2.29. The second kappa shape index (κ2) is 13.7. The highest BCUT2D eigenvalue weighted by molar-refractivity contribution is 5.54. The predicted molar refractivity (Wildman–Crippen MR) is 185 cm³/mol. The molecule has 0 aromatic rings. The molecule has 0 aromatic carbocycles. The highest BCUT2D eigenvalue weighted by atomic mass is 16.3. The van der Waals surface area contributed by atoms with Gasteiger partial charge in [0.2, 0.25) is 0 Å². The summed E-state index contributed by atoms with van der Waals surface area (Å²) in [6.45, 7) is 0. The predicted octanol–water partition coefficient (Wildman–Crippen LogP) is 9.91. The first-order valence-corrected chi connectivity index (χ1v) is 17.5. The molecule has 5 atom stereocenters. The molecule has 0 spiro atoms. The Morgan fingerprint density at radius 2 is 1.52 bits per heavy atom. The smallest absolute Gasteiger partial charge is 0.0798 e. The first-order valence-electron chi connectivity index (χ1n) is 17.5. The molecule has 228 valence electrons. The molecular formula is C42H49NO. The Hall–Kier alpha value is -3.36. The van der Waals surface area contributed by atoms with Crippen molar-refractivity contribution in [1.29, 1.82) is 0 Å². The van der Waals surface area contributed by atoms with E-state index >= 15 is 0 Å². The van der Waals surface area contributed by atoms with Crippen LogP contribution in [0.3, 0.4) is 0 Å². The Labute approximate surface area is 265 Å². The molecular weight excluding hydrogens is 534 g/mol. The standard InChI is InChI=1S/C42H49NO/c44-42-29-36(24-25-40(42)30-12-3-1-4-13-30)34-17-10-15-32(27-34)31-14-9-16-33(26-31)35-18-11-19-37(28-35)39-22-7-8-23-41(39)43-38-20-5-2-6-21-38/h1-6,12,15,18,20,24-30,33,38,40,42-44H,7-11,13-14,16-17,19,21-23H2. The summed E-state index contributed by atoms with van der Waals surface area (Å²) in [5.41, 5.74) is 11.8. The fraction of sp³-hybridized carbons (Fsp3) is 0.429. The van der Waals surface area contributed by atoms with Gasteiger partial charge < -0.3 is 10.4 Å². The van der Waals surface area contributed by atoms with Gasteiger partial charge in [-0.15, -0.1) is 0 Å². The normalized spacial score (nSPS) is 32.0.